The van der Waals surface area contributed by atoms with E-state index >= 15 is 0 Å². The molecule has 0 spiro atoms. The Labute approximate surface area is 121 Å². The zero-order valence-corrected chi connectivity index (χ0v) is 12.5. The highest BCUT2D eigenvalue weighted by molar-refractivity contribution is 5.38. The number of aliphatic hydroxyl groups excluding tert-OH is 1. The van der Waals surface area contributed by atoms with E-state index in [0.717, 1.165) is 5.56 Å². The van der Waals surface area contributed by atoms with Crippen molar-refractivity contribution in [2.45, 2.75) is 18.9 Å². The predicted molar refractivity (Wildman–Crippen MR) is 84.0 cm³/mol. The first-order chi connectivity index (χ1) is 9.59. The van der Waals surface area contributed by atoms with Crippen LogP contribution in [0, 0.1) is 6.92 Å². The second kappa shape index (κ2) is 6.69. The van der Waals surface area contributed by atoms with Crippen molar-refractivity contribution in [1.82, 2.24) is 4.90 Å². The van der Waals surface area contributed by atoms with E-state index in [1.54, 1.807) is 0 Å². The number of aliphatic hydroxyl groups is 1. The Balaban J connectivity index is 2.42. The molecule has 2 aromatic rings. The van der Waals surface area contributed by atoms with Crippen LogP contribution in [0.2, 0.25) is 0 Å². The summed E-state index contributed by atoms with van der Waals surface area (Å²) in [5.41, 5.74) is 3.59. The summed E-state index contributed by atoms with van der Waals surface area (Å²) in [7, 11) is 3.98. The van der Waals surface area contributed by atoms with Crippen LogP contribution >= 0.6 is 0 Å². The molecule has 0 unspecified atom stereocenters. The number of likely N-dealkylation sites (N-methyl/N-ethyl adjacent to an activating group) is 1. The molecule has 106 valence electrons. The summed E-state index contributed by atoms with van der Waals surface area (Å²) in [6.45, 7) is 2.75. The molecule has 0 saturated heterocycles. The quantitative estimate of drug-likeness (QED) is 0.902. The van der Waals surface area contributed by atoms with Crippen LogP contribution in [0.15, 0.2) is 54.6 Å². The van der Waals surface area contributed by atoms with Gasteiger partial charge in [0.25, 0.3) is 0 Å². The highest BCUT2D eigenvalue weighted by Gasteiger charge is 2.24. The van der Waals surface area contributed by atoms with E-state index in [1.165, 1.54) is 11.1 Å². The maximum absolute atomic E-state index is 10.7. The van der Waals surface area contributed by atoms with Crippen LogP contribution in [0.4, 0.5) is 0 Å². The Hall–Kier alpha value is -1.64. The minimum absolute atomic E-state index is 0.0137. The molecule has 0 bridgehead atoms. The van der Waals surface area contributed by atoms with Crippen molar-refractivity contribution in [3.63, 3.8) is 0 Å². The van der Waals surface area contributed by atoms with Gasteiger partial charge in [-0.25, -0.2) is 0 Å². The number of nitrogens with zero attached hydrogens (tertiary/aromatic N) is 1. The fourth-order valence-electron chi connectivity index (χ4n) is 2.68. The standard InChI is InChI=1S/C18H23NO/c1-14-9-7-8-12-16(14)18(17(20)13-19(2)3)15-10-5-4-6-11-15/h4-12,17-18,20H,13H2,1-3H3/t17-,18-/m1/s1. The van der Waals surface area contributed by atoms with Gasteiger partial charge in [0.1, 0.15) is 0 Å². The molecule has 0 fully saturated rings. The highest BCUT2D eigenvalue weighted by atomic mass is 16.3. The summed E-state index contributed by atoms with van der Waals surface area (Å²) in [6, 6.07) is 18.6. The van der Waals surface area contributed by atoms with Gasteiger partial charge in [0, 0.05) is 12.5 Å². The fourth-order valence-corrected chi connectivity index (χ4v) is 2.68. The Kier molecular flexibility index (Phi) is 4.94. The molecular weight excluding hydrogens is 246 g/mol. The minimum Gasteiger partial charge on any atom is -0.391 e. The first-order valence-electron chi connectivity index (χ1n) is 7.03. The molecule has 2 rings (SSSR count). The van der Waals surface area contributed by atoms with Crippen LogP contribution in [0.25, 0.3) is 0 Å². The van der Waals surface area contributed by atoms with Crippen LogP contribution in [0.5, 0.6) is 0 Å². The van der Waals surface area contributed by atoms with Crippen LogP contribution < -0.4 is 0 Å². The number of benzene rings is 2. The van der Waals surface area contributed by atoms with Crippen LogP contribution in [0.1, 0.15) is 22.6 Å². The lowest BCUT2D eigenvalue weighted by atomic mass is 9.84. The molecule has 0 aliphatic carbocycles. The zero-order chi connectivity index (χ0) is 14.5. The first kappa shape index (κ1) is 14.8. The van der Waals surface area contributed by atoms with Gasteiger partial charge in [-0.2, -0.15) is 0 Å². The average molecular weight is 269 g/mol. The normalized spacial score (nSPS) is 14.2. The summed E-state index contributed by atoms with van der Waals surface area (Å²) < 4.78 is 0. The van der Waals surface area contributed by atoms with E-state index in [-0.39, 0.29) is 5.92 Å². The van der Waals surface area contributed by atoms with Crippen molar-refractivity contribution < 1.29 is 5.11 Å². The third-order valence-corrected chi connectivity index (χ3v) is 3.62. The Morgan fingerprint density at radius 2 is 1.55 bits per heavy atom. The smallest absolute Gasteiger partial charge is 0.0775 e. The number of rotatable bonds is 5. The summed E-state index contributed by atoms with van der Waals surface area (Å²) in [5.74, 6) is 0.0137. The molecular formula is C18H23NO. The van der Waals surface area contributed by atoms with Gasteiger partial charge in [0.15, 0.2) is 0 Å². The molecule has 0 aliphatic rings. The van der Waals surface area contributed by atoms with Crippen molar-refractivity contribution in [2.75, 3.05) is 20.6 Å². The lowest BCUT2D eigenvalue weighted by Crippen LogP contribution is -2.32. The first-order valence-corrected chi connectivity index (χ1v) is 7.03. The highest BCUT2D eigenvalue weighted by Crippen LogP contribution is 2.30. The van der Waals surface area contributed by atoms with E-state index in [0.29, 0.717) is 6.54 Å². The molecule has 2 heteroatoms. The second-order valence-electron chi connectivity index (χ2n) is 5.57. The molecule has 0 amide bonds. The largest absolute Gasteiger partial charge is 0.391 e. The number of aryl methyl sites for hydroxylation is 1. The SMILES string of the molecule is Cc1ccccc1[C@@H](c1ccccc1)[C@H](O)CN(C)C. The summed E-state index contributed by atoms with van der Waals surface area (Å²) in [4.78, 5) is 2.03. The van der Waals surface area contributed by atoms with Gasteiger partial charge in [0.2, 0.25) is 0 Å². The van der Waals surface area contributed by atoms with Crippen LogP contribution in [-0.2, 0) is 0 Å². The minimum atomic E-state index is -0.423. The lowest BCUT2D eigenvalue weighted by molar-refractivity contribution is 0.121. The van der Waals surface area contributed by atoms with Gasteiger partial charge in [-0.1, -0.05) is 54.6 Å². The molecule has 2 aromatic carbocycles. The fraction of sp³-hybridized carbons (Fsp3) is 0.333. The van der Waals surface area contributed by atoms with Crippen molar-refractivity contribution in [3.8, 4) is 0 Å². The van der Waals surface area contributed by atoms with Crippen LogP contribution in [0.3, 0.4) is 0 Å². The third-order valence-electron chi connectivity index (χ3n) is 3.62. The van der Waals surface area contributed by atoms with Crippen molar-refractivity contribution >= 4 is 0 Å². The third kappa shape index (κ3) is 3.47. The van der Waals surface area contributed by atoms with Crippen molar-refractivity contribution in [1.29, 1.82) is 0 Å². The molecule has 0 radical (unpaired) electrons. The van der Waals surface area contributed by atoms with Crippen molar-refractivity contribution in [2.24, 2.45) is 0 Å². The maximum atomic E-state index is 10.7. The maximum Gasteiger partial charge on any atom is 0.0775 e. The summed E-state index contributed by atoms with van der Waals surface area (Å²) in [5, 5.41) is 10.7. The molecule has 0 saturated carbocycles. The molecule has 2 nitrogen and oxygen atoms in total. The van der Waals surface area contributed by atoms with E-state index in [4.69, 9.17) is 0 Å². The monoisotopic (exact) mass is 269 g/mol. The number of hydrogen-bond donors (Lipinski definition) is 1. The summed E-state index contributed by atoms with van der Waals surface area (Å²) in [6.07, 6.45) is -0.423. The Morgan fingerprint density at radius 1 is 0.950 bits per heavy atom. The second-order valence-corrected chi connectivity index (χ2v) is 5.57. The van der Waals surface area contributed by atoms with Crippen LogP contribution in [-0.4, -0.2) is 36.8 Å². The van der Waals surface area contributed by atoms with E-state index < -0.39 is 6.10 Å². The molecule has 1 N–H and O–H groups in total. The zero-order valence-electron chi connectivity index (χ0n) is 12.5. The Bertz CT molecular complexity index is 536. The molecule has 0 aromatic heterocycles. The molecule has 0 heterocycles. The van der Waals surface area contributed by atoms with Gasteiger partial charge < -0.3 is 10.0 Å². The molecule has 20 heavy (non-hydrogen) atoms. The Morgan fingerprint density at radius 3 is 2.15 bits per heavy atom. The van der Waals surface area contributed by atoms with E-state index in [2.05, 4.69) is 31.2 Å². The predicted octanol–water partition coefficient (Wildman–Crippen LogP) is 3.05. The van der Waals surface area contributed by atoms with E-state index in [1.807, 2.05) is 49.3 Å². The number of hydrogen-bond acceptors (Lipinski definition) is 2. The molecule has 2 atom stereocenters. The van der Waals surface area contributed by atoms with Gasteiger partial charge >= 0.3 is 0 Å². The van der Waals surface area contributed by atoms with Crippen molar-refractivity contribution in [3.05, 3.63) is 71.3 Å². The van der Waals surface area contributed by atoms with Gasteiger partial charge in [0.05, 0.1) is 6.10 Å². The topological polar surface area (TPSA) is 23.5 Å². The lowest BCUT2D eigenvalue weighted by Gasteiger charge is -2.27. The van der Waals surface area contributed by atoms with E-state index in [9.17, 15) is 5.11 Å². The average Bonchev–Trinajstić information content (AvgIpc) is 2.42. The molecule has 0 aliphatic heterocycles. The summed E-state index contributed by atoms with van der Waals surface area (Å²) >= 11 is 0. The van der Waals surface area contributed by atoms with Gasteiger partial charge in [-0.15, -0.1) is 0 Å². The van der Waals surface area contributed by atoms with Gasteiger partial charge in [-0.3, -0.25) is 0 Å². The van der Waals surface area contributed by atoms with Gasteiger partial charge in [-0.05, 0) is 37.7 Å².